The zero-order chi connectivity index (χ0) is 15.5. The molecule has 0 spiro atoms. The average Bonchev–Trinajstić information content (AvgIpc) is 2.47. The first-order valence-electron chi connectivity index (χ1n) is 6.44. The van der Waals surface area contributed by atoms with Gasteiger partial charge in [-0.2, -0.15) is 0 Å². The Morgan fingerprint density at radius 3 is 2.57 bits per heavy atom. The largest absolute Gasteiger partial charge is 0.497 e. The Morgan fingerprint density at radius 2 is 1.95 bits per heavy atom. The Hall–Kier alpha value is -2.56. The Balaban J connectivity index is 2.40. The molecule has 1 unspecified atom stereocenters. The fourth-order valence-electron chi connectivity index (χ4n) is 2.07. The Bertz CT molecular complexity index is 660. The molecule has 0 aliphatic heterocycles. The van der Waals surface area contributed by atoms with Crippen LogP contribution in [0.15, 0.2) is 48.5 Å². The highest BCUT2D eigenvalue weighted by molar-refractivity contribution is 5.89. The summed E-state index contributed by atoms with van der Waals surface area (Å²) in [6.07, 6.45) is 0. The molecule has 110 valence electrons. The number of rotatable bonds is 5. The number of carbonyl (C=O) groups is 1. The summed E-state index contributed by atoms with van der Waals surface area (Å²) < 4.78 is 18.6. The molecule has 0 radical (unpaired) electrons. The van der Waals surface area contributed by atoms with Crippen LogP contribution in [0, 0.1) is 5.82 Å². The first-order valence-corrected chi connectivity index (χ1v) is 6.44. The molecule has 3 N–H and O–H groups in total. The minimum Gasteiger partial charge on any atom is -0.497 e. The SMILES string of the molecule is COc1cccc(NC(C)(C(N)=O)c2cccc(F)c2)c1. The van der Waals surface area contributed by atoms with Crippen LogP contribution < -0.4 is 15.8 Å². The van der Waals surface area contributed by atoms with Gasteiger partial charge in [0.1, 0.15) is 17.1 Å². The number of ether oxygens (including phenoxy) is 1. The van der Waals surface area contributed by atoms with E-state index < -0.39 is 17.3 Å². The van der Waals surface area contributed by atoms with Gasteiger partial charge in [-0.1, -0.05) is 18.2 Å². The summed E-state index contributed by atoms with van der Waals surface area (Å²) >= 11 is 0. The summed E-state index contributed by atoms with van der Waals surface area (Å²) in [5, 5.41) is 3.05. The molecule has 5 heteroatoms. The molecule has 2 aromatic rings. The second-order valence-corrected chi connectivity index (χ2v) is 4.86. The van der Waals surface area contributed by atoms with Gasteiger partial charge in [0.25, 0.3) is 0 Å². The highest BCUT2D eigenvalue weighted by Crippen LogP contribution is 2.28. The topological polar surface area (TPSA) is 64.3 Å². The van der Waals surface area contributed by atoms with Crippen LogP contribution in [0.3, 0.4) is 0 Å². The van der Waals surface area contributed by atoms with Crippen molar-refractivity contribution in [1.82, 2.24) is 0 Å². The summed E-state index contributed by atoms with van der Waals surface area (Å²) in [6, 6.07) is 12.9. The van der Waals surface area contributed by atoms with Crippen molar-refractivity contribution < 1.29 is 13.9 Å². The molecule has 0 saturated carbocycles. The highest BCUT2D eigenvalue weighted by Gasteiger charge is 2.33. The van der Waals surface area contributed by atoms with Gasteiger partial charge < -0.3 is 15.8 Å². The smallest absolute Gasteiger partial charge is 0.247 e. The van der Waals surface area contributed by atoms with Crippen molar-refractivity contribution in [2.24, 2.45) is 5.73 Å². The molecule has 0 aliphatic rings. The number of hydrogen-bond acceptors (Lipinski definition) is 3. The van der Waals surface area contributed by atoms with Crippen molar-refractivity contribution in [2.75, 3.05) is 12.4 Å². The van der Waals surface area contributed by atoms with Crippen LogP contribution in [-0.4, -0.2) is 13.0 Å². The first-order chi connectivity index (χ1) is 9.95. The van der Waals surface area contributed by atoms with E-state index in [4.69, 9.17) is 10.5 Å². The van der Waals surface area contributed by atoms with E-state index in [0.717, 1.165) is 0 Å². The number of nitrogens with one attached hydrogen (secondary N) is 1. The number of hydrogen-bond donors (Lipinski definition) is 2. The summed E-state index contributed by atoms with van der Waals surface area (Å²) in [4.78, 5) is 11.9. The van der Waals surface area contributed by atoms with Crippen LogP contribution in [0.25, 0.3) is 0 Å². The van der Waals surface area contributed by atoms with Gasteiger partial charge in [0.2, 0.25) is 5.91 Å². The van der Waals surface area contributed by atoms with E-state index in [9.17, 15) is 9.18 Å². The Morgan fingerprint density at radius 1 is 1.24 bits per heavy atom. The van der Waals surface area contributed by atoms with E-state index in [0.29, 0.717) is 17.0 Å². The second-order valence-electron chi connectivity index (χ2n) is 4.86. The van der Waals surface area contributed by atoms with Gasteiger partial charge >= 0.3 is 0 Å². The molecule has 0 fully saturated rings. The van der Waals surface area contributed by atoms with Crippen LogP contribution in [0.4, 0.5) is 10.1 Å². The first kappa shape index (κ1) is 14.8. The fourth-order valence-corrected chi connectivity index (χ4v) is 2.07. The number of methoxy groups -OCH3 is 1. The van der Waals surface area contributed by atoms with Gasteiger partial charge in [0.05, 0.1) is 7.11 Å². The van der Waals surface area contributed by atoms with Gasteiger partial charge in [-0.3, -0.25) is 4.79 Å². The Labute approximate surface area is 122 Å². The van der Waals surface area contributed by atoms with E-state index in [2.05, 4.69) is 5.32 Å². The monoisotopic (exact) mass is 288 g/mol. The van der Waals surface area contributed by atoms with Crippen molar-refractivity contribution in [3.8, 4) is 5.75 Å². The minimum absolute atomic E-state index is 0.424. The van der Waals surface area contributed by atoms with Gasteiger partial charge in [0, 0.05) is 11.8 Å². The Kier molecular flexibility index (Phi) is 4.12. The molecule has 2 aromatic carbocycles. The second kappa shape index (κ2) is 5.83. The molecule has 0 aromatic heterocycles. The summed E-state index contributed by atoms with van der Waals surface area (Å²) in [6.45, 7) is 1.61. The van der Waals surface area contributed by atoms with E-state index >= 15 is 0 Å². The van der Waals surface area contributed by atoms with Crippen molar-refractivity contribution in [2.45, 2.75) is 12.5 Å². The minimum atomic E-state index is -1.23. The van der Waals surface area contributed by atoms with E-state index in [1.165, 1.54) is 12.1 Å². The van der Waals surface area contributed by atoms with E-state index in [-0.39, 0.29) is 0 Å². The van der Waals surface area contributed by atoms with E-state index in [1.807, 2.05) is 0 Å². The van der Waals surface area contributed by atoms with Crippen molar-refractivity contribution >= 4 is 11.6 Å². The maximum Gasteiger partial charge on any atom is 0.247 e. The fraction of sp³-hybridized carbons (Fsp3) is 0.188. The number of amides is 1. The predicted octanol–water partition coefficient (Wildman–Crippen LogP) is 2.65. The lowest BCUT2D eigenvalue weighted by Gasteiger charge is -2.29. The molecule has 0 aliphatic carbocycles. The molecule has 0 heterocycles. The maximum atomic E-state index is 13.4. The number of benzene rings is 2. The lowest BCUT2D eigenvalue weighted by atomic mass is 9.90. The van der Waals surface area contributed by atoms with Gasteiger partial charge in [-0.05, 0) is 36.8 Å². The van der Waals surface area contributed by atoms with Crippen molar-refractivity contribution in [1.29, 1.82) is 0 Å². The van der Waals surface area contributed by atoms with E-state index in [1.54, 1.807) is 50.4 Å². The third-order valence-electron chi connectivity index (χ3n) is 3.36. The van der Waals surface area contributed by atoms with Crippen LogP contribution in [0.1, 0.15) is 12.5 Å². The molecule has 21 heavy (non-hydrogen) atoms. The molecule has 0 bridgehead atoms. The normalized spacial score (nSPS) is 13.3. The standard InChI is InChI=1S/C16H17FN2O2/c1-16(15(18)20,11-5-3-6-12(17)9-11)19-13-7-4-8-14(10-13)21-2/h3-10,19H,1-2H3,(H2,18,20). The third-order valence-corrected chi connectivity index (χ3v) is 3.36. The van der Waals surface area contributed by atoms with Gasteiger partial charge in [-0.25, -0.2) is 4.39 Å². The molecule has 4 nitrogen and oxygen atoms in total. The lowest BCUT2D eigenvalue weighted by molar-refractivity contribution is -0.122. The summed E-state index contributed by atoms with van der Waals surface area (Å²) in [5.41, 5.74) is 5.40. The van der Waals surface area contributed by atoms with Gasteiger partial charge in [-0.15, -0.1) is 0 Å². The quantitative estimate of drug-likeness (QED) is 0.889. The van der Waals surface area contributed by atoms with Crippen LogP contribution in [-0.2, 0) is 10.3 Å². The van der Waals surface area contributed by atoms with Crippen LogP contribution in [0.2, 0.25) is 0 Å². The zero-order valence-electron chi connectivity index (χ0n) is 11.9. The predicted molar refractivity (Wildman–Crippen MR) is 79.6 cm³/mol. The van der Waals surface area contributed by atoms with Crippen molar-refractivity contribution in [3.63, 3.8) is 0 Å². The van der Waals surface area contributed by atoms with Crippen LogP contribution >= 0.6 is 0 Å². The lowest BCUT2D eigenvalue weighted by Crippen LogP contribution is -2.45. The maximum absolute atomic E-state index is 13.4. The number of anilines is 1. The van der Waals surface area contributed by atoms with Crippen molar-refractivity contribution in [3.05, 3.63) is 59.9 Å². The molecule has 2 rings (SSSR count). The van der Waals surface area contributed by atoms with Gasteiger partial charge in [0.15, 0.2) is 0 Å². The summed E-state index contributed by atoms with van der Waals surface area (Å²) in [7, 11) is 1.55. The number of halogens is 1. The summed E-state index contributed by atoms with van der Waals surface area (Å²) in [5.74, 6) is -0.380. The van der Waals surface area contributed by atoms with Crippen LogP contribution in [0.5, 0.6) is 5.75 Å². The molecular formula is C16H17FN2O2. The highest BCUT2D eigenvalue weighted by atomic mass is 19.1. The third kappa shape index (κ3) is 3.13. The molecular weight excluding hydrogens is 271 g/mol. The molecule has 1 atom stereocenters. The number of carbonyl (C=O) groups excluding carboxylic acids is 1. The zero-order valence-corrected chi connectivity index (χ0v) is 11.9. The molecule has 0 saturated heterocycles. The molecule has 1 amide bonds. The number of primary amides is 1. The average molecular weight is 288 g/mol. The number of nitrogens with two attached hydrogens (primary N) is 1.